The van der Waals surface area contributed by atoms with Crippen molar-refractivity contribution in [3.63, 3.8) is 0 Å². The lowest BCUT2D eigenvalue weighted by Crippen LogP contribution is -2.35. The number of hydrogen-bond acceptors (Lipinski definition) is 8. The lowest BCUT2D eigenvalue weighted by molar-refractivity contribution is -0.152. The third kappa shape index (κ3) is 5.84. The van der Waals surface area contributed by atoms with Crippen molar-refractivity contribution in [3.05, 3.63) is 54.0 Å². The Balaban J connectivity index is 1.47. The van der Waals surface area contributed by atoms with Crippen LogP contribution in [0.4, 0.5) is 0 Å². The van der Waals surface area contributed by atoms with Gasteiger partial charge in [-0.3, -0.25) is 24.5 Å². The van der Waals surface area contributed by atoms with Crippen LogP contribution in [-0.4, -0.2) is 68.6 Å². The van der Waals surface area contributed by atoms with E-state index in [2.05, 4.69) is 5.32 Å². The molecule has 1 N–H and O–H groups in total. The highest BCUT2D eigenvalue weighted by Gasteiger charge is 2.36. The second-order valence-corrected chi connectivity index (χ2v) is 9.70. The first-order chi connectivity index (χ1) is 15.6. The summed E-state index contributed by atoms with van der Waals surface area (Å²) in [5, 5.41) is 2.07. The van der Waals surface area contributed by atoms with Crippen molar-refractivity contribution >= 4 is 33.7 Å². The van der Waals surface area contributed by atoms with Gasteiger partial charge >= 0.3 is 5.97 Å². The Hall–Kier alpha value is -3.51. The van der Waals surface area contributed by atoms with Crippen LogP contribution in [0, 0.1) is 5.92 Å². The van der Waals surface area contributed by atoms with E-state index in [1.54, 1.807) is 12.1 Å². The van der Waals surface area contributed by atoms with Crippen LogP contribution < -0.4 is 5.32 Å². The summed E-state index contributed by atoms with van der Waals surface area (Å²) >= 11 is 0. The molecule has 3 rings (SSSR count). The maximum atomic E-state index is 12.2. The predicted octanol–water partition coefficient (Wildman–Crippen LogP) is 0.378. The summed E-state index contributed by atoms with van der Waals surface area (Å²) in [5.74, 6) is -2.70. The van der Waals surface area contributed by atoms with E-state index in [1.165, 1.54) is 49.5 Å². The number of imide groups is 1. The molecule has 12 heteroatoms. The van der Waals surface area contributed by atoms with Gasteiger partial charge in [-0.05, 0) is 36.4 Å². The molecule has 0 saturated carbocycles. The first-order valence-electron chi connectivity index (χ1n) is 9.91. The third-order valence-corrected chi connectivity index (χ3v) is 6.80. The highest BCUT2D eigenvalue weighted by molar-refractivity contribution is 7.89. The Morgan fingerprint density at radius 2 is 1.88 bits per heavy atom. The van der Waals surface area contributed by atoms with E-state index in [-0.39, 0.29) is 35.9 Å². The lowest BCUT2D eigenvalue weighted by Gasteiger charge is -2.14. The average molecular weight is 477 g/mol. The van der Waals surface area contributed by atoms with E-state index in [0.29, 0.717) is 5.76 Å². The third-order valence-electron chi connectivity index (χ3n) is 4.97. The standard InChI is InChI=1S/C21H23N3O8S/c1-23(2)33(29,30)17-7-5-14(6-8-17)20(27)22-18(25)13-32-21(28)15-10-19(26)24(11-15)12-16-4-3-9-31-16/h3-9,15H,10-13H2,1-2H3,(H,22,25,27)/t15-/m1/s1. The molecule has 1 aliphatic heterocycles. The number of carbonyl (C=O) groups is 4. The Morgan fingerprint density at radius 1 is 1.18 bits per heavy atom. The fraction of sp³-hybridized carbons (Fsp3) is 0.333. The van der Waals surface area contributed by atoms with Crippen molar-refractivity contribution in [2.24, 2.45) is 5.92 Å². The SMILES string of the molecule is CN(C)S(=O)(=O)c1ccc(C(=O)NC(=O)COC(=O)[C@@H]2CC(=O)N(Cc3ccco3)C2)cc1. The van der Waals surface area contributed by atoms with Crippen LogP contribution in [0.15, 0.2) is 52.0 Å². The Kier molecular flexibility index (Phi) is 7.29. The number of ether oxygens (including phenoxy) is 1. The number of nitrogens with one attached hydrogen (secondary N) is 1. The molecule has 1 fully saturated rings. The van der Waals surface area contributed by atoms with Crippen molar-refractivity contribution in [3.8, 4) is 0 Å². The van der Waals surface area contributed by atoms with Crippen LogP contribution in [0.3, 0.4) is 0 Å². The minimum Gasteiger partial charge on any atom is -0.467 e. The summed E-state index contributed by atoms with van der Waals surface area (Å²) in [4.78, 5) is 50.0. The number of furan rings is 1. The molecule has 0 bridgehead atoms. The fourth-order valence-corrected chi connectivity index (χ4v) is 4.05. The molecule has 11 nitrogen and oxygen atoms in total. The van der Waals surface area contributed by atoms with Crippen LogP contribution >= 0.6 is 0 Å². The van der Waals surface area contributed by atoms with Crippen LogP contribution in [0.1, 0.15) is 22.5 Å². The topological polar surface area (TPSA) is 143 Å². The molecular formula is C21H23N3O8S. The smallest absolute Gasteiger partial charge is 0.311 e. The van der Waals surface area contributed by atoms with Gasteiger partial charge in [0, 0.05) is 32.6 Å². The molecule has 1 saturated heterocycles. The van der Waals surface area contributed by atoms with Crippen molar-refractivity contribution in [1.82, 2.24) is 14.5 Å². The first kappa shape index (κ1) is 24.1. The molecule has 0 unspecified atom stereocenters. The zero-order chi connectivity index (χ0) is 24.2. The number of nitrogens with zero attached hydrogens (tertiary/aromatic N) is 2. The molecule has 1 aromatic carbocycles. The van der Waals surface area contributed by atoms with Gasteiger partial charge in [0.1, 0.15) is 5.76 Å². The fourth-order valence-electron chi connectivity index (χ4n) is 3.15. The Morgan fingerprint density at radius 3 is 2.48 bits per heavy atom. The average Bonchev–Trinajstić information content (AvgIpc) is 3.42. The summed E-state index contributed by atoms with van der Waals surface area (Å²) in [6, 6.07) is 8.45. The second-order valence-electron chi connectivity index (χ2n) is 7.55. The van der Waals surface area contributed by atoms with Gasteiger partial charge in [0.2, 0.25) is 15.9 Å². The van der Waals surface area contributed by atoms with Crippen molar-refractivity contribution in [2.75, 3.05) is 27.2 Å². The number of carbonyl (C=O) groups excluding carboxylic acids is 4. The minimum absolute atomic E-state index is 0.00323. The highest BCUT2D eigenvalue weighted by Crippen LogP contribution is 2.21. The van der Waals surface area contributed by atoms with E-state index in [0.717, 1.165) is 4.31 Å². The molecule has 1 atom stereocenters. The maximum Gasteiger partial charge on any atom is 0.311 e. The van der Waals surface area contributed by atoms with Gasteiger partial charge in [-0.1, -0.05) is 0 Å². The predicted molar refractivity (Wildman–Crippen MR) is 113 cm³/mol. The van der Waals surface area contributed by atoms with Crippen LogP contribution in [0.25, 0.3) is 0 Å². The number of rotatable bonds is 8. The van der Waals surface area contributed by atoms with Gasteiger partial charge in [-0.15, -0.1) is 0 Å². The molecular weight excluding hydrogens is 454 g/mol. The van der Waals surface area contributed by atoms with Crippen LogP contribution in [0.2, 0.25) is 0 Å². The van der Waals surface area contributed by atoms with Gasteiger partial charge in [0.25, 0.3) is 11.8 Å². The molecule has 0 aliphatic carbocycles. The largest absolute Gasteiger partial charge is 0.467 e. The number of likely N-dealkylation sites (tertiary alicyclic amines) is 1. The summed E-state index contributed by atoms with van der Waals surface area (Å²) in [7, 11) is -0.881. The summed E-state index contributed by atoms with van der Waals surface area (Å²) in [6.07, 6.45) is 1.45. The van der Waals surface area contributed by atoms with Crippen molar-refractivity contribution < 1.29 is 36.7 Å². The number of esters is 1. The molecule has 176 valence electrons. The van der Waals surface area contributed by atoms with E-state index < -0.39 is 40.3 Å². The maximum absolute atomic E-state index is 12.2. The number of hydrogen-bond donors (Lipinski definition) is 1. The van der Waals surface area contributed by atoms with Gasteiger partial charge in [-0.2, -0.15) is 0 Å². The van der Waals surface area contributed by atoms with E-state index in [1.807, 2.05) is 0 Å². The van der Waals surface area contributed by atoms with Crippen LogP contribution in [-0.2, 0) is 35.7 Å². The summed E-state index contributed by atoms with van der Waals surface area (Å²) in [5.41, 5.74) is 0.0577. The van der Waals surface area contributed by atoms with Gasteiger partial charge in [0.05, 0.1) is 23.6 Å². The molecule has 0 radical (unpaired) electrons. The molecule has 2 heterocycles. The van der Waals surface area contributed by atoms with Gasteiger partial charge < -0.3 is 14.1 Å². The second kappa shape index (κ2) is 9.96. The van der Waals surface area contributed by atoms with Crippen molar-refractivity contribution in [1.29, 1.82) is 0 Å². The zero-order valence-electron chi connectivity index (χ0n) is 18.0. The summed E-state index contributed by atoms with van der Waals surface area (Å²) in [6.45, 7) is -0.319. The normalized spacial score (nSPS) is 16.2. The monoisotopic (exact) mass is 477 g/mol. The lowest BCUT2D eigenvalue weighted by atomic mass is 10.1. The van der Waals surface area contributed by atoms with E-state index in [4.69, 9.17) is 9.15 Å². The Labute approximate surface area is 190 Å². The molecule has 33 heavy (non-hydrogen) atoms. The Bertz CT molecular complexity index is 1140. The van der Waals surface area contributed by atoms with E-state index >= 15 is 0 Å². The number of sulfonamides is 1. The molecule has 0 spiro atoms. The molecule has 3 amide bonds. The molecule has 1 aromatic heterocycles. The highest BCUT2D eigenvalue weighted by atomic mass is 32.2. The van der Waals surface area contributed by atoms with E-state index in [9.17, 15) is 27.6 Å². The summed E-state index contributed by atoms with van der Waals surface area (Å²) < 4.78 is 35.3. The molecule has 1 aliphatic rings. The minimum atomic E-state index is -3.65. The number of benzene rings is 1. The molecule has 2 aromatic rings. The van der Waals surface area contributed by atoms with Gasteiger partial charge in [0.15, 0.2) is 6.61 Å². The van der Waals surface area contributed by atoms with Crippen molar-refractivity contribution in [2.45, 2.75) is 17.9 Å². The quantitative estimate of drug-likeness (QED) is 0.538. The zero-order valence-corrected chi connectivity index (χ0v) is 18.8. The number of amides is 3. The van der Waals surface area contributed by atoms with Crippen LogP contribution in [0.5, 0.6) is 0 Å². The van der Waals surface area contributed by atoms with Gasteiger partial charge in [-0.25, -0.2) is 12.7 Å². The first-order valence-corrected chi connectivity index (χ1v) is 11.4.